The molecule has 0 amide bonds. The maximum atomic E-state index is 13.8. The first kappa shape index (κ1) is 28.9. The maximum Gasteiger partial charge on any atom is 0.186 e. The van der Waals surface area contributed by atoms with Crippen molar-refractivity contribution in [2.75, 3.05) is 34.0 Å². The summed E-state index contributed by atoms with van der Waals surface area (Å²) in [5.41, 5.74) is 0.0334. The summed E-state index contributed by atoms with van der Waals surface area (Å²) < 4.78 is 40.1. The fourth-order valence-corrected chi connectivity index (χ4v) is 5.96. The lowest BCUT2D eigenvalue weighted by Gasteiger charge is -2.40. The van der Waals surface area contributed by atoms with Gasteiger partial charge in [0, 0.05) is 23.6 Å². The summed E-state index contributed by atoms with van der Waals surface area (Å²) in [5, 5.41) is 51.0. The Labute approximate surface area is 241 Å². The Bertz CT molecular complexity index is 1360. The second-order valence-corrected chi connectivity index (χ2v) is 11.1. The van der Waals surface area contributed by atoms with E-state index in [0.717, 1.165) is 0 Å². The minimum absolute atomic E-state index is 0.136. The lowest BCUT2D eigenvalue weighted by atomic mass is 9.81. The van der Waals surface area contributed by atoms with Crippen LogP contribution < -0.4 is 23.7 Å². The molecule has 0 aromatic heterocycles. The number of fused-ring (bicyclic) bond motifs is 6. The van der Waals surface area contributed by atoms with Gasteiger partial charge in [-0.1, -0.05) is 0 Å². The molecule has 0 aliphatic carbocycles. The lowest BCUT2D eigenvalue weighted by molar-refractivity contribution is -0.310. The number of carbonyl (C=O) groups excluding carboxylic acids is 1. The standard InChI is InChI=1S/C29H34O13/c1-29(35,11-39-28-26(34)25(33)24(32)19(9-30)42-28)21-7-14-15(40-21)5-4-12-23(31)22-13-6-17(36-2)18(37-3)8-16(13)38-10-20(22)41-27(12)14/h4-6,8,19-22,24-26,28,30,32-35H,7,9-11H2,1-3H3. The fraction of sp³-hybridized carbons (Fsp3) is 0.552. The second kappa shape index (κ2) is 10.8. The SMILES string of the molecule is COc1cc2c(cc1OC)C1C(=O)c3ccc4c(c3OC1CO2)CC(C(C)(O)COC1OC(CO)C(O)C(O)C1O)O4. The van der Waals surface area contributed by atoms with Crippen molar-refractivity contribution in [3.05, 3.63) is 41.0 Å². The van der Waals surface area contributed by atoms with Crippen LogP contribution in [0.25, 0.3) is 0 Å². The zero-order chi connectivity index (χ0) is 29.9. The molecule has 0 bridgehead atoms. The van der Waals surface area contributed by atoms with E-state index >= 15 is 0 Å². The predicted octanol–water partition coefficient (Wildman–Crippen LogP) is -0.305. The van der Waals surface area contributed by atoms with Gasteiger partial charge in [-0.3, -0.25) is 4.79 Å². The Kier molecular flexibility index (Phi) is 7.46. The van der Waals surface area contributed by atoms with E-state index in [9.17, 15) is 30.3 Å². The van der Waals surface area contributed by atoms with Gasteiger partial charge in [0.2, 0.25) is 0 Å². The molecule has 4 aliphatic rings. The van der Waals surface area contributed by atoms with Gasteiger partial charge in [-0.05, 0) is 25.1 Å². The van der Waals surface area contributed by atoms with E-state index in [-0.39, 0.29) is 25.4 Å². The monoisotopic (exact) mass is 590 g/mol. The quantitative estimate of drug-likeness (QED) is 0.284. The van der Waals surface area contributed by atoms with Gasteiger partial charge in [-0.25, -0.2) is 0 Å². The van der Waals surface area contributed by atoms with E-state index in [4.69, 9.17) is 33.2 Å². The van der Waals surface area contributed by atoms with Crippen molar-refractivity contribution in [1.29, 1.82) is 0 Å². The molecule has 1 fully saturated rings. The van der Waals surface area contributed by atoms with Crippen LogP contribution in [0.5, 0.6) is 28.7 Å². The molecule has 2 aromatic rings. The maximum absolute atomic E-state index is 13.8. The first-order valence-electron chi connectivity index (χ1n) is 13.6. The third kappa shape index (κ3) is 4.65. The van der Waals surface area contributed by atoms with Gasteiger partial charge >= 0.3 is 0 Å². The molecule has 5 N–H and O–H groups in total. The zero-order valence-electron chi connectivity index (χ0n) is 23.3. The molecule has 228 valence electrons. The van der Waals surface area contributed by atoms with Gasteiger partial charge in [-0.15, -0.1) is 0 Å². The highest BCUT2D eigenvalue weighted by molar-refractivity contribution is 6.06. The Morgan fingerprint density at radius 2 is 1.74 bits per heavy atom. The minimum Gasteiger partial charge on any atom is -0.493 e. The highest BCUT2D eigenvalue weighted by atomic mass is 16.7. The second-order valence-electron chi connectivity index (χ2n) is 11.1. The number of Topliss-reactive ketones (excluding diaryl/α,β-unsaturated/α-hetero) is 1. The fourth-order valence-electron chi connectivity index (χ4n) is 5.96. The summed E-state index contributed by atoms with van der Waals surface area (Å²) in [5.74, 6) is 1.55. The van der Waals surface area contributed by atoms with Gasteiger partial charge in [0.05, 0.1) is 38.9 Å². The summed E-state index contributed by atoms with van der Waals surface area (Å²) in [4.78, 5) is 13.8. The molecule has 13 heteroatoms. The van der Waals surface area contributed by atoms with E-state index in [1.807, 2.05) is 0 Å². The van der Waals surface area contributed by atoms with Crippen LogP contribution in [0.3, 0.4) is 0 Å². The van der Waals surface area contributed by atoms with Crippen molar-refractivity contribution >= 4 is 5.78 Å². The summed E-state index contributed by atoms with van der Waals surface area (Å²) in [6.45, 7) is 0.635. The smallest absolute Gasteiger partial charge is 0.186 e. The minimum atomic E-state index is -1.62. The van der Waals surface area contributed by atoms with E-state index in [1.165, 1.54) is 21.1 Å². The van der Waals surface area contributed by atoms with Gasteiger partial charge in [-0.2, -0.15) is 0 Å². The number of carbonyl (C=O) groups is 1. The molecule has 42 heavy (non-hydrogen) atoms. The van der Waals surface area contributed by atoms with E-state index < -0.39 is 61.0 Å². The highest BCUT2D eigenvalue weighted by Gasteiger charge is 2.49. The predicted molar refractivity (Wildman–Crippen MR) is 141 cm³/mol. The van der Waals surface area contributed by atoms with Crippen LogP contribution in [0.4, 0.5) is 0 Å². The largest absolute Gasteiger partial charge is 0.493 e. The Morgan fingerprint density at radius 3 is 2.45 bits per heavy atom. The molecule has 4 aliphatic heterocycles. The molecule has 1 saturated heterocycles. The number of aliphatic hydroxyl groups excluding tert-OH is 4. The summed E-state index contributed by atoms with van der Waals surface area (Å²) in [6.07, 6.45) is -8.53. The van der Waals surface area contributed by atoms with Crippen LogP contribution in [-0.2, 0) is 15.9 Å². The van der Waals surface area contributed by atoms with Crippen LogP contribution in [0.2, 0.25) is 0 Å². The van der Waals surface area contributed by atoms with Crippen LogP contribution in [0.15, 0.2) is 24.3 Å². The number of ketones is 1. The Hall–Kier alpha value is -3.17. The topological polar surface area (TPSA) is 183 Å². The third-order valence-corrected chi connectivity index (χ3v) is 8.40. The van der Waals surface area contributed by atoms with Gasteiger partial charge in [0.25, 0.3) is 0 Å². The average molecular weight is 591 g/mol. The lowest BCUT2D eigenvalue weighted by Crippen LogP contribution is -2.60. The third-order valence-electron chi connectivity index (χ3n) is 8.40. The summed E-state index contributed by atoms with van der Waals surface area (Å²) in [6, 6.07) is 6.74. The van der Waals surface area contributed by atoms with E-state index in [0.29, 0.717) is 45.4 Å². The van der Waals surface area contributed by atoms with Crippen molar-refractivity contribution in [3.8, 4) is 28.7 Å². The van der Waals surface area contributed by atoms with Crippen molar-refractivity contribution in [3.63, 3.8) is 0 Å². The molecule has 0 saturated carbocycles. The molecular formula is C29H34O13. The number of hydrogen-bond acceptors (Lipinski definition) is 13. The first-order chi connectivity index (χ1) is 20.1. The zero-order valence-corrected chi connectivity index (χ0v) is 23.3. The van der Waals surface area contributed by atoms with Crippen molar-refractivity contribution in [2.24, 2.45) is 0 Å². The molecule has 0 radical (unpaired) electrons. The van der Waals surface area contributed by atoms with Crippen molar-refractivity contribution < 1.29 is 63.5 Å². The molecule has 9 unspecified atom stereocenters. The van der Waals surface area contributed by atoms with Crippen LogP contribution >= 0.6 is 0 Å². The van der Waals surface area contributed by atoms with Crippen LogP contribution in [0, 0.1) is 0 Å². The number of aliphatic hydroxyl groups is 5. The number of rotatable bonds is 7. The van der Waals surface area contributed by atoms with Crippen LogP contribution in [-0.4, -0.2) is 114 Å². The normalized spacial score (nSPS) is 32.6. The number of methoxy groups -OCH3 is 2. The Morgan fingerprint density at radius 1 is 1.00 bits per heavy atom. The van der Waals surface area contributed by atoms with Crippen LogP contribution in [0.1, 0.15) is 34.3 Å². The molecule has 13 nitrogen and oxygen atoms in total. The summed E-state index contributed by atoms with van der Waals surface area (Å²) in [7, 11) is 3.04. The molecular weight excluding hydrogens is 556 g/mol. The van der Waals surface area contributed by atoms with E-state index in [2.05, 4.69) is 0 Å². The number of hydrogen-bond donors (Lipinski definition) is 5. The highest BCUT2D eigenvalue weighted by Crippen LogP contribution is 2.50. The van der Waals surface area contributed by atoms with Gasteiger partial charge in [0.15, 0.2) is 23.6 Å². The molecule has 4 heterocycles. The van der Waals surface area contributed by atoms with E-state index in [1.54, 1.807) is 24.3 Å². The molecule has 2 aromatic carbocycles. The number of ether oxygens (including phenoxy) is 7. The Balaban J connectivity index is 1.20. The number of benzene rings is 2. The first-order valence-corrected chi connectivity index (χ1v) is 13.6. The van der Waals surface area contributed by atoms with Crippen molar-refractivity contribution in [2.45, 2.75) is 67.8 Å². The van der Waals surface area contributed by atoms with Gasteiger partial charge < -0.3 is 58.7 Å². The molecule has 9 atom stereocenters. The van der Waals surface area contributed by atoms with Crippen molar-refractivity contribution in [1.82, 2.24) is 0 Å². The molecule has 6 rings (SSSR count). The van der Waals surface area contributed by atoms with Gasteiger partial charge in [0.1, 0.15) is 66.1 Å². The molecule has 0 spiro atoms. The average Bonchev–Trinajstić information content (AvgIpc) is 3.45. The summed E-state index contributed by atoms with van der Waals surface area (Å²) >= 11 is 0.